The van der Waals surface area contributed by atoms with E-state index in [0.29, 0.717) is 5.92 Å². The van der Waals surface area contributed by atoms with E-state index in [4.69, 9.17) is 0 Å². The third-order valence-corrected chi connectivity index (χ3v) is 9.68. The average Bonchev–Trinajstić information content (AvgIpc) is 2.85. The second kappa shape index (κ2) is 9.87. The van der Waals surface area contributed by atoms with Crippen LogP contribution in [0.2, 0.25) is 0 Å². The molecule has 1 nitrogen and oxygen atoms in total. The Morgan fingerprint density at radius 3 is 2.12 bits per heavy atom. The fourth-order valence-corrected chi connectivity index (χ4v) is 8.34. The van der Waals surface area contributed by atoms with Crippen molar-refractivity contribution in [3.8, 4) is 11.3 Å². The highest BCUT2D eigenvalue weighted by molar-refractivity contribution is 8.00. The number of nitrogens with zero attached hydrogens (tertiary/aromatic N) is 1. The van der Waals surface area contributed by atoms with Crippen molar-refractivity contribution in [1.29, 1.82) is 0 Å². The molecule has 0 atom stereocenters. The molecule has 0 spiro atoms. The highest BCUT2D eigenvalue weighted by Gasteiger charge is 2.33. The first-order chi connectivity index (χ1) is 19.2. The van der Waals surface area contributed by atoms with Crippen LogP contribution in [0.25, 0.3) is 43.6 Å². The van der Waals surface area contributed by atoms with Gasteiger partial charge in [-0.2, -0.15) is 0 Å². The van der Waals surface area contributed by atoms with E-state index in [1.54, 1.807) is 0 Å². The van der Waals surface area contributed by atoms with Crippen molar-refractivity contribution in [2.45, 2.75) is 91.4 Å². The molecule has 0 aliphatic carbocycles. The zero-order valence-electron chi connectivity index (χ0n) is 26.8. The molecule has 4 aromatic carbocycles. The fourth-order valence-electron chi connectivity index (χ4n) is 6.97. The Morgan fingerprint density at radius 1 is 0.756 bits per heavy atom. The van der Waals surface area contributed by atoms with Gasteiger partial charge in [0.1, 0.15) is 7.05 Å². The lowest BCUT2D eigenvalue weighted by Gasteiger charge is -2.28. The molecule has 6 rings (SSSR count). The van der Waals surface area contributed by atoms with Crippen molar-refractivity contribution in [3.63, 3.8) is 0 Å². The van der Waals surface area contributed by atoms with Crippen LogP contribution in [0.15, 0.2) is 64.5 Å². The molecule has 0 saturated carbocycles. The minimum absolute atomic E-state index is 0.185. The van der Waals surface area contributed by atoms with E-state index >= 15 is 0 Å². The predicted molar refractivity (Wildman–Crippen MR) is 179 cm³/mol. The van der Waals surface area contributed by atoms with Gasteiger partial charge in [-0.25, -0.2) is 4.57 Å². The summed E-state index contributed by atoms with van der Waals surface area (Å²) in [5, 5.41) is 8.36. The molecule has 0 amide bonds. The van der Waals surface area contributed by atoms with Gasteiger partial charge in [-0.1, -0.05) is 104 Å². The predicted octanol–water partition coefficient (Wildman–Crippen LogP) is 10.8. The Kier molecular flexibility index (Phi) is 6.81. The molecule has 0 radical (unpaired) electrons. The van der Waals surface area contributed by atoms with Gasteiger partial charge in [-0.15, -0.1) is 0 Å². The topological polar surface area (TPSA) is 3.88 Å². The van der Waals surface area contributed by atoms with Crippen LogP contribution in [0.3, 0.4) is 0 Å². The van der Waals surface area contributed by atoms with E-state index in [1.165, 1.54) is 75.6 Å². The summed E-state index contributed by atoms with van der Waals surface area (Å²) >= 11 is 2.02. The Morgan fingerprint density at radius 2 is 1.44 bits per heavy atom. The molecule has 2 heteroatoms. The molecule has 2 heterocycles. The van der Waals surface area contributed by atoms with E-state index in [-0.39, 0.29) is 10.8 Å². The number of rotatable bonds is 4. The van der Waals surface area contributed by atoms with Crippen molar-refractivity contribution >= 4 is 44.1 Å². The van der Waals surface area contributed by atoms with Gasteiger partial charge < -0.3 is 0 Å². The van der Waals surface area contributed by atoms with Crippen LogP contribution >= 0.6 is 11.8 Å². The smallest absolute Gasteiger partial charge is 0.200 e. The van der Waals surface area contributed by atoms with Gasteiger partial charge in [-0.3, -0.25) is 0 Å². The van der Waals surface area contributed by atoms with Crippen molar-refractivity contribution < 1.29 is 4.57 Å². The van der Waals surface area contributed by atoms with Crippen molar-refractivity contribution in [2.75, 3.05) is 0 Å². The van der Waals surface area contributed by atoms with Crippen LogP contribution < -0.4 is 4.57 Å². The van der Waals surface area contributed by atoms with Gasteiger partial charge in [0.2, 0.25) is 5.69 Å². The summed E-state index contributed by atoms with van der Waals surface area (Å²) in [7, 11) is 2.23. The van der Waals surface area contributed by atoms with Crippen molar-refractivity contribution in [3.05, 3.63) is 77.0 Å². The van der Waals surface area contributed by atoms with E-state index in [9.17, 15) is 0 Å². The third-order valence-electron chi connectivity index (χ3n) is 8.49. The third kappa shape index (κ3) is 5.18. The molecule has 0 saturated heterocycles. The van der Waals surface area contributed by atoms with Gasteiger partial charge >= 0.3 is 0 Å². The minimum atomic E-state index is 0.185. The number of fused-ring (bicyclic) bond motifs is 5. The molecule has 0 N–H and O–H groups in total. The first kappa shape index (κ1) is 28.3. The Bertz CT molecular complexity index is 1840. The summed E-state index contributed by atoms with van der Waals surface area (Å²) in [5.41, 5.74) is 9.04. The second-order valence-corrected chi connectivity index (χ2v) is 16.4. The monoisotopic (exact) mass is 560 g/mol. The zero-order valence-corrected chi connectivity index (χ0v) is 27.6. The van der Waals surface area contributed by atoms with Crippen LogP contribution in [0.5, 0.6) is 0 Å². The summed E-state index contributed by atoms with van der Waals surface area (Å²) in [6.07, 6.45) is 5.54. The molecule has 5 aromatic rings. The molecule has 0 bridgehead atoms. The molecule has 0 fully saturated rings. The summed E-state index contributed by atoms with van der Waals surface area (Å²) in [6.45, 7) is 21.1. The lowest BCUT2D eigenvalue weighted by Crippen LogP contribution is -2.32. The summed E-state index contributed by atoms with van der Waals surface area (Å²) < 4.78 is 2.38. The standard InChI is InChI=1S/C39H46NS/c1-23(2)17-25-11-13-28-27(18-25)20-33-35-30(28)15-16-40(10)36(35)34-24(3)31-19-26(21-38(4,5)6)12-14-29(31)32(37(34)41-33)22-39(7,8)9/h11-16,18-20,23H,17,21-22H2,1-10H3/q+1. The normalized spacial score (nSPS) is 13.5. The lowest BCUT2D eigenvalue weighted by molar-refractivity contribution is -0.659. The van der Waals surface area contributed by atoms with Crippen LogP contribution in [0.4, 0.5) is 0 Å². The Hall–Kier alpha value is -2.84. The quantitative estimate of drug-likeness (QED) is 0.153. The Labute approximate surface area is 251 Å². The molecule has 1 aliphatic heterocycles. The van der Waals surface area contributed by atoms with Crippen LogP contribution in [-0.4, -0.2) is 0 Å². The van der Waals surface area contributed by atoms with Gasteiger partial charge in [0.05, 0.1) is 10.9 Å². The fraction of sp³-hybridized carbons (Fsp3) is 0.410. The second-order valence-electron chi connectivity index (χ2n) is 15.4. The van der Waals surface area contributed by atoms with Gasteiger partial charge in [-0.05, 0) is 92.8 Å². The molecular formula is C39H46NS+. The van der Waals surface area contributed by atoms with E-state index < -0.39 is 0 Å². The largest absolute Gasteiger partial charge is 0.222 e. The summed E-state index contributed by atoms with van der Waals surface area (Å²) in [5.74, 6) is 0.651. The van der Waals surface area contributed by atoms with Crippen molar-refractivity contribution in [2.24, 2.45) is 23.8 Å². The first-order valence-electron chi connectivity index (χ1n) is 15.3. The van der Waals surface area contributed by atoms with Gasteiger partial charge in [0.25, 0.3) is 0 Å². The zero-order chi connectivity index (χ0) is 29.4. The molecule has 1 aromatic heterocycles. The van der Waals surface area contributed by atoms with Crippen LogP contribution in [-0.2, 0) is 26.3 Å². The van der Waals surface area contributed by atoms with Gasteiger partial charge in [0.15, 0.2) is 6.20 Å². The first-order valence-corrected chi connectivity index (χ1v) is 16.2. The van der Waals surface area contributed by atoms with E-state index in [1.807, 2.05) is 11.8 Å². The number of pyridine rings is 1. The lowest BCUT2D eigenvalue weighted by atomic mass is 9.81. The van der Waals surface area contributed by atoms with Crippen LogP contribution in [0.1, 0.15) is 77.6 Å². The van der Waals surface area contributed by atoms with Crippen molar-refractivity contribution in [1.82, 2.24) is 0 Å². The SMILES string of the molecule is Cc1c2c(c(CC(C)(C)C)c3ccc(CC(C)(C)C)cc13)Sc1cc3cc(CC(C)C)ccc3c3cc[n+](C)c-2c13. The summed E-state index contributed by atoms with van der Waals surface area (Å²) in [6, 6.07) is 19.3. The molecule has 41 heavy (non-hydrogen) atoms. The molecular weight excluding hydrogens is 515 g/mol. The average molecular weight is 561 g/mol. The maximum Gasteiger partial charge on any atom is 0.222 e. The maximum absolute atomic E-state index is 2.50. The molecule has 0 unspecified atom stereocenters. The number of benzene rings is 4. The molecule has 1 aliphatic rings. The molecule has 212 valence electrons. The Balaban J connectivity index is 1.70. The van der Waals surface area contributed by atoms with E-state index in [2.05, 4.69) is 129 Å². The van der Waals surface area contributed by atoms with Gasteiger partial charge in [0, 0.05) is 21.2 Å². The van der Waals surface area contributed by atoms with E-state index in [0.717, 1.165) is 19.3 Å². The number of hydrogen-bond donors (Lipinski definition) is 0. The minimum Gasteiger partial charge on any atom is -0.200 e. The maximum atomic E-state index is 2.50. The summed E-state index contributed by atoms with van der Waals surface area (Å²) in [4.78, 5) is 2.85. The highest BCUT2D eigenvalue weighted by Crippen LogP contribution is 2.53. The number of hydrogen-bond acceptors (Lipinski definition) is 1. The number of aromatic nitrogens is 1. The number of aryl methyl sites for hydroxylation is 2. The highest BCUT2D eigenvalue weighted by atomic mass is 32.2. The van der Waals surface area contributed by atoms with Crippen LogP contribution in [0, 0.1) is 23.7 Å².